The van der Waals surface area contributed by atoms with Crippen LogP contribution in [-0.4, -0.2) is 37.4 Å². The molecular weight excluding hydrogens is 248 g/mol. The van der Waals surface area contributed by atoms with Crippen LogP contribution >= 0.6 is 0 Å². The van der Waals surface area contributed by atoms with Crippen LogP contribution in [0.15, 0.2) is 18.2 Å². The van der Waals surface area contributed by atoms with Crippen molar-refractivity contribution in [3.05, 3.63) is 33.9 Å². The highest BCUT2D eigenvalue weighted by molar-refractivity contribution is 5.62. The first-order valence-electron chi connectivity index (χ1n) is 6.18. The van der Waals surface area contributed by atoms with E-state index in [4.69, 9.17) is 9.47 Å². The normalized spacial score (nSPS) is 22.4. The number of nitro benzene ring substituents is 1. The lowest BCUT2D eigenvalue weighted by atomic mass is 10.0. The quantitative estimate of drug-likeness (QED) is 0.652. The van der Waals surface area contributed by atoms with E-state index >= 15 is 0 Å². The molecule has 1 aliphatic heterocycles. The minimum Gasteiger partial charge on any atom is -0.378 e. The number of hydrogen-bond acceptors (Lipinski definition) is 5. The number of benzene rings is 1. The van der Waals surface area contributed by atoms with Crippen molar-refractivity contribution in [2.75, 3.05) is 32.2 Å². The minimum atomic E-state index is -0.390. The second-order valence-corrected chi connectivity index (χ2v) is 4.82. The summed E-state index contributed by atoms with van der Waals surface area (Å²) < 4.78 is 10.8. The number of ether oxygens (including phenoxy) is 2. The Bertz CT molecular complexity index is 470. The minimum absolute atomic E-state index is 0.0881. The van der Waals surface area contributed by atoms with Gasteiger partial charge < -0.3 is 14.8 Å². The Kier molecular flexibility index (Phi) is 4.01. The van der Waals surface area contributed by atoms with Gasteiger partial charge in [-0.2, -0.15) is 0 Å². The summed E-state index contributed by atoms with van der Waals surface area (Å²) in [5, 5.41) is 14.1. The number of nitrogens with zero attached hydrogens (tertiary/aromatic N) is 1. The molecule has 1 fully saturated rings. The summed E-state index contributed by atoms with van der Waals surface area (Å²) >= 11 is 0. The van der Waals surface area contributed by atoms with Crippen LogP contribution < -0.4 is 5.32 Å². The fraction of sp³-hybridized carbons (Fsp3) is 0.538. The maximum absolute atomic E-state index is 11.0. The van der Waals surface area contributed by atoms with Gasteiger partial charge in [0.25, 0.3) is 5.69 Å². The SMILES string of the molecule is COC1(CNc2ccc(C)cc2[N+](=O)[O-])CCOC1. The van der Waals surface area contributed by atoms with E-state index in [1.807, 2.05) is 13.0 Å². The van der Waals surface area contributed by atoms with Crippen LogP contribution in [0.5, 0.6) is 0 Å². The molecule has 0 amide bonds. The molecule has 0 saturated carbocycles. The predicted octanol–water partition coefficient (Wildman–Crippen LogP) is 2.12. The third-order valence-corrected chi connectivity index (χ3v) is 3.45. The van der Waals surface area contributed by atoms with Gasteiger partial charge in [-0.15, -0.1) is 0 Å². The first-order chi connectivity index (χ1) is 9.06. The zero-order valence-corrected chi connectivity index (χ0v) is 11.1. The van der Waals surface area contributed by atoms with Gasteiger partial charge in [0.05, 0.1) is 11.5 Å². The molecule has 0 aromatic heterocycles. The van der Waals surface area contributed by atoms with Crippen molar-refractivity contribution in [2.45, 2.75) is 18.9 Å². The van der Waals surface area contributed by atoms with Crippen molar-refractivity contribution in [1.29, 1.82) is 0 Å². The number of aryl methyl sites for hydroxylation is 1. The second-order valence-electron chi connectivity index (χ2n) is 4.82. The van der Waals surface area contributed by atoms with Crippen LogP contribution in [0.3, 0.4) is 0 Å². The fourth-order valence-corrected chi connectivity index (χ4v) is 2.16. The van der Waals surface area contributed by atoms with E-state index in [2.05, 4.69) is 5.32 Å². The Morgan fingerprint density at radius 2 is 2.37 bits per heavy atom. The van der Waals surface area contributed by atoms with Crippen molar-refractivity contribution < 1.29 is 14.4 Å². The molecule has 1 unspecified atom stereocenters. The molecule has 1 N–H and O–H groups in total. The molecule has 0 aliphatic carbocycles. The molecule has 0 bridgehead atoms. The third kappa shape index (κ3) is 3.02. The monoisotopic (exact) mass is 266 g/mol. The van der Waals surface area contributed by atoms with Gasteiger partial charge in [0.2, 0.25) is 0 Å². The molecule has 1 aliphatic rings. The molecule has 1 aromatic rings. The summed E-state index contributed by atoms with van der Waals surface area (Å²) in [7, 11) is 1.64. The fourth-order valence-electron chi connectivity index (χ4n) is 2.16. The van der Waals surface area contributed by atoms with Crippen molar-refractivity contribution in [3.63, 3.8) is 0 Å². The first-order valence-corrected chi connectivity index (χ1v) is 6.18. The van der Waals surface area contributed by atoms with E-state index in [0.717, 1.165) is 12.0 Å². The van der Waals surface area contributed by atoms with Crippen molar-refractivity contribution in [1.82, 2.24) is 0 Å². The lowest BCUT2D eigenvalue weighted by Gasteiger charge is -2.26. The van der Waals surface area contributed by atoms with Crippen LogP contribution in [0, 0.1) is 17.0 Å². The maximum atomic E-state index is 11.0. The van der Waals surface area contributed by atoms with Crippen LogP contribution in [0.2, 0.25) is 0 Å². The predicted molar refractivity (Wildman–Crippen MR) is 71.5 cm³/mol. The number of rotatable bonds is 5. The van der Waals surface area contributed by atoms with Crippen LogP contribution in [0.1, 0.15) is 12.0 Å². The molecule has 19 heavy (non-hydrogen) atoms. The van der Waals surface area contributed by atoms with Crippen LogP contribution in [-0.2, 0) is 9.47 Å². The van der Waals surface area contributed by atoms with E-state index in [-0.39, 0.29) is 10.6 Å². The molecule has 1 atom stereocenters. The molecular formula is C13H18N2O4. The highest BCUT2D eigenvalue weighted by Crippen LogP contribution is 2.28. The van der Waals surface area contributed by atoms with Gasteiger partial charge in [0, 0.05) is 32.7 Å². The second kappa shape index (κ2) is 5.54. The number of hydrogen-bond donors (Lipinski definition) is 1. The highest BCUT2D eigenvalue weighted by atomic mass is 16.6. The van der Waals surface area contributed by atoms with E-state index in [0.29, 0.717) is 25.4 Å². The molecule has 1 aromatic carbocycles. The summed E-state index contributed by atoms with van der Waals surface area (Å²) in [6.45, 7) is 3.49. The number of nitrogens with one attached hydrogen (secondary N) is 1. The van der Waals surface area contributed by atoms with E-state index < -0.39 is 5.60 Å². The number of nitro groups is 1. The van der Waals surface area contributed by atoms with E-state index in [1.165, 1.54) is 0 Å². The first kappa shape index (κ1) is 13.8. The Hall–Kier alpha value is -1.66. The Morgan fingerprint density at radius 3 is 2.95 bits per heavy atom. The number of methoxy groups -OCH3 is 1. The van der Waals surface area contributed by atoms with Gasteiger partial charge in [-0.25, -0.2) is 0 Å². The average molecular weight is 266 g/mol. The Balaban J connectivity index is 2.13. The van der Waals surface area contributed by atoms with Crippen LogP contribution in [0.25, 0.3) is 0 Å². The van der Waals surface area contributed by atoms with Crippen molar-refractivity contribution in [3.8, 4) is 0 Å². The summed E-state index contributed by atoms with van der Waals surface area (Å²) in [5.74, 6) is 0. The summed E-state index contributed by atoms with van der Waals surface area (Å²) in [4.78, 5) is 10.7. The molecule has 0 radical (unpaired) electrons. The molecule has 104 valence electrons. The lowest BCUT2D eigenvalue weighted by molar-refractivity contribution is -0.384. The van der Waals surface area contributed by atoms with E-state index in [9.17, 15) is 10.1 Å². The third-order valence-electron chi connectivity index (χ3n) is 3.45. The number of anilines is 1. The van der Waals surface area contributed by atoms with Crippen molar-refractivity contribution in [2.24, 2.45) is 0 Å². The molecule has 0 spiro atoms. The topological polar surface area (TPSA) is 73.6 Å². The molecule has 6 nitrogen and oxygen atoms in total. The Labute approximate surface area is 111 Å². The van der Waals surface area contributed by atoms with Crippen LogP contribution in [0.4, 0.5) is 11.4 Å². The van der Waals surface area contributed by atoms with Crippen molar-refractivity contribution >= 4 is 11.4 Å². The molecule has 1 heterocycles. The van der Waals surface area contributed by atoms with E-state index in [1.54, 1.807) is 19.2 Å². The van der Waals surface area contributed by atoms with Gasteiger partial charge in [0.1, 0.15) is 11.3 Å². The van der Waals surface area contributed by atoms with Gasteiger partial charge in [-0.05, 0) is 18.6 Å². The van der Waals surface area contributed by atoms with Gasteiger partial charge >= 0.3 is 0 Å². The summed E-state index contributed by atoms with van der Waals surface area (Å²) in [6, 6.07) is 5.14. The summed E-state index contributed by atoms with van der Waals surface area (Å²) in [5.41, 5.74) is 1.07. The van der Waals surface area contributed by atoms with Gasteiger partial charge in [-0.1, -0.05) is 6.07 Å². The lowest BCUT2D eigenvalue weighted by Crippen LogP contribution is -2.39. The Morgan fingerprint density at radius 1 is 1.58 bits per heavy atom. The van der Waals surface area contributed by atoms with Gasteiger partial charge in [0.15, 0.2) is 0 Å². The smallest absolute Gasteiger partial charge is 0.292 e. The summed E-state index contributed by atoms with van der Waals surface area (Å²) in [6.07, 6.45) is 0.788. The average Bonchev–Trinajstić information content (AvgIpc) is 2.86. The standard InChI is InChI=1S/C13H18N2O4/c1-10-3-4-11(12(7-10)15(16)17)14-8-13(18-2)5-6-19-9-13/h3-4,7,14H,5-6,8-9H2,1-2H3. The largest absolute Gasteiger partial charge is 0.378 e. The molecule has 2 rings (SSSR count). The zero-order valence-electron chi connectivity index (χ0n) is 11.1. The maximum Gasteiger partial charge on any atom is 0.292 e. The zero-order chi connectivity index (χ0) is 13.9. The molecule has 6 heteroatoms. The molecule has 1 saturated heterocycles. The van der Waals surface area contributed by atoms with Gasteiger partial charge in [-0.3, -0.25) is 10.1 Å². The highest BCUT2D eigenvalue weighted by Gasteiger charge is 2.35.